The van der Waals surface area contributed by atoms with Crippen molar-refractivity contribution >= 4 is 45.0 Å². The van der Waals surface area contributed by atoms with Crippen LogP contribution in [-0.2, 0) is 9.53 Å². The van der Waals surface area contributed by atoms with Gasteiger partial charge in [-0.3, -0.25) is 9.36 Å². The lowest BCUT2D eigenvalue weighted by atomic mass is 9.95. The number of esters is 1. The molecule has 0 radical (unpaired) electrons. The molecule has 0 fully saturated rings. The van der Waals surface area contributed by atoms with E-state index in [2.05, 4.69) is 27.5 Å². The molecule has 3 aromatic rings. The molecule has 1 atom stereocenters. The Morgan fingerprint density at radius 1 is 1.26 bits per heavy atom. The molecule has 0 bridgehead atoms. The molecule has 0 saturated heterocycles. The summed E-state index contributed by atoms with van der Waals surface area (Å²) in [4.78, 5) is 34.1. The molecule has 8 nitrogen and oxygen atoms in total. The number of benzene rings is 2. The van der Waals surface area contributed by atoms with E-state index in [0.717, 1.165) is 16.8 Å². The third-order valence-corrected chi connectivity index (χ3v) is 7.71. The molecule has 0 unspecified atom stereocenters. The molecule has 2 aromatic carbocycles. The minimum absolute atomic E-state index is 0.218. The Bertz CT molecular complexity index is 1620. The van der Waals surface area contributed by atoms with Gasteiger partial charge in [-0.15, -0.1) is 0 Å². The van der Waals surface area contributed by atoms with E-state index in [1.54, 1.807) is 43.7 Å². The predicted octanol–water partition coefficient (Wildman–Crippen LogP) is 4.20. The summed E-state index contributed by atoms with van der Waals surface area (Å²) in [7, 11) is 5.47. The van der Waals surface area contributed by atoms with E-state index < -0.39 is 12.0 Å². The summed E-state index contributed by atoms with van der Waals surface area (Å²) in [6, 6.07) is 10.8. The average Bonchev–Trinajstić information content (AvgIpc) is 3.21. The summed E-state index contributed by atoms with van der Waals surface area (Å²) >= 11 is 4.81. The molecule has 4 rings (SSSR count). The molecule has 1 aliphatic heterocycles. The van der Waals surface area contributed by atoms with Gasteiger partial charge in [0.2, 0.25) is 0 Å². The van der Waals surface area contributed by atoms with Gasteiger partial charge in [0.1, 0.15) is 6.61 Å². The Morgan fingerprint density at radius 2 is 1.97 bits per heavy atom. The molecule has 10 heteroatoms. The number of rotatable bonds is 9. The highest BCUT2D eigenvalue weighted by atomic mass is 79.9. The van der Waals surface area contributed by atoms with Crippen molar-refractivity contribution in [3.8, 4) is 11.5 Å². The predicted molar refractivity (Wildman–Crippen MR) is 158 cm³/mol. The van der Waals surface area contributed by atoms with Crippen LogP contribution in [0.4, 0.5) is 5.69 Å². The third kappa shape index (κ3) is 5.72. The van der Waals surface area contributed by atoms with Crippen LogP contribution in [0.15, 0.2) is 74.6 Å². The summed E-state index contributed by atoms with van der Waals surface area (Å²) < 4.78 is 19.4. The minimum atomic E-state index is -0.672. The normalized spacial score (nSPS) is 14.9. The smallest absolute Gasteiger partial charge is 0.338 e. The number of halogens is 1. The van der Waals surface area contributed by atoms with Crippen LogP contribution in [-0.4, -0.2) is 45.0 Å². The van der Waals surface area contributed by atoms with Crippen molar-refractivity contribution in [1.82, 2.24) is 4.57 Å². The fourth-order valence-corrected chi connectivity index (χ4v) is 5.94. The van der Waals surface area contributed by atoms with E-state index in [4.69, 9.17) is 14.2 Å². The Hall–Kier alpha value is -3.63. The lowest BCUT2D eigenvalue weighted by Crippen LogP contribution is -2.39. The van der Waals surface area contributed by atoms with Gasteiger partial charge < -0.3 is 19.1 Å². The number of hydrogen-bond donors (Lipinski definition) is 0. The lowest BCUT2D eigenvalue weighted by Gasteiger charge is -2.25. The van der Waals surface area contributed by atoms with Gasteiger partial charge >= 0.3 is 5.97 Å². The number of ether oxygens (including phenoxy) is 3. The zero-order chi connectivity index (χ0) is 28.3. The van der Waals surface area contributed by atoms with Crippen LogP contribution < -0.4 is 29.3 Å². The lowest BCUT2D eigenvalue weighted by molar-refractivity contribution is -0.139. The van der Waals surface area contributed by atoms with Crippen molar-refractivity contribution in [3.63, 3.8) is 0 Å². The first-order chi connectivity index (χ1) is 18.7. The van der Waals surface area contributed by atoms with Crippen LogP contribution in [0.3, 0.4) is 0 Å². The van der Waals surface area contributed by atoms with E-state index in [-0.39, 0.29) is 12.2 Å². The summed E-state index contributed by atoms with van der Waals surface area (Å²) in [5, 5.41) is 0. The van der Waals surface area contributed by atoms with E-state index in [1.165, 1.54) is 11.3 Å². The topological polar surface area (TPSA) is 82.4 Å². The van der Waals surface area contributed by atoms with Gasteiger partial charge in [-0.05, 0) is 71.2 Å². The molecule has 1 aromatic heterocycles. The van der Waals surface area contributed by atoms with Crippen LogP contribution in [0.2, 0.25) is 0 Å². The van der Waals surface area contributed by atoms with Crippen molar-refractivity contribution in [2.24, 2.45) is 4.99 Å². The SMILES string of the molecule is C=CCOc1c(Br)cc(/C=c2\sc3n(c2=O)[C@@H](c2ccc(N(C)C)cc2)C(C(=O)OCC)=C(C)N=3)cc1OC. The fraction of sp³-hybridized carbons (Fsp3) is 0.276. The summed E-state index contributed by atoms with van der Waals surface area (Å²) in [5.74, 6) is 0.579. The Balaban J connectivity index is 1.89. The molecule has 2 heterocycles. The standard InChI is InChI=1S/C29H30BrN3O5S/c1-7-13-38-26-21(30)14-18(15-22(26)36-6)16-23-27(34)33-25(19-9-11-20(12-10-19)32(4)5)24(28(35)37-8-2)17(3)31-29(33)39-23/h7,9-12,14-16,25H,1,8,13H2,2-6H3/b23-16-/t25-/m0/s1. The minimum Gasteiger partial charge on any atom is -0.493 e. The second-order valence-electron chi connectivity index (χ2n) is 8.92. The zero-order valence-electron chi connectivity index (χ0n) is 22.5. The van der Waals surface area contributed by atoms with Crippen molar-refractivity contribution < 1.29 is 19.0 Å². The number of allylic oxidation sites excluding steroid dienone is 1. The molecule has 204 valence electrons. The van der Waals surface area contributed by atoms with Crippen LogP contribution in [0, 0.1) is 0 Å². The highest BCUT2D eigenvalue weighted by molar-refractivity contribution is 9.10. The Morgan fingerprint density at radius 3 is 2.59 bits per heavy atom. The van der Waals surface area contributed by atoms with Crippen LogP contribution >= 0.6 is 27.3 Å². The molecular formula is C29H30BrN3O5S. The quantitative estimate of drug-likeness (QED) is 0.266. The summed E-state index contributed by atoms with van der Waals surface area (Å²) in [5.41, 5.74) is 3.15. The number of methoxy groups -OCH3 is 1. The fourth-order valence-electron chi connectivity index (χ4n) is 4.32. The number of carbonyl (C=O) groups excluding carboxylic acids is 1. The van der Waals surface area contributed by atoms with Crippen molar-refractivity contribution in [2.45, 2.75) is 19.9 Å². The number of nitrogens with zero attached hydrogens (tertiary/aromatic N) is 3. The van der Waals surface area contributed by atoms with E-state index in [0.29, 0.717) is 43.2 Å². The molecule has 0 saturated carbocycles. The van der Waals surface area contributed by atoms with Crippen molar-refractivity contribution in [2.75, 3.05) is 39.3 Å². The molecule has 0 amide bonds. The second kappa shape index (κ2) is 12.0. The number of hydrogen-bond acceptors (Lipinski definition) is 8. The first kappa shape index (κ1) is 28.4. The van der Waals surface area contributed by atoms with Crippen LogP contribution in [0.5, 0.6) is 11.5 Å². The van der Waals surface area contributed by atoms with Crippen molar-refractivity contribution in [1.29, 1.82) is 0 Å². The monoisotopic (exact) mass is 611 g/mol. The maximum atomic E-state index is 13.9. The molecule has 0 spiro atoms. The van der Waals surface area contributed by atoms with E-state index in [9.17, 15) is 9.59 Å². The van der Waals surface area contributed by atoms with E-state index >= 15 is 0 Å². The maximum Gasteiger partial charge on any atom is 0.338 e. The van der Waals surface area contributed by atoms with Gasteiger partial charge in [0.05, 0.1) is 40.0 Å². The largest absolute Gasteiger partial charge is 0.493 e. The maximum absolute atomic E-state index is 13.9. The highest BCUT2D eigenvalue weighted by Gasteiger charge is 2.33. The Labute approximate surface area is 239 Å². The first-order valence-electron chi connectivity index (χ1n) is 12.3. The van der Waals surface area contributed by atoms with Crippen molar-refractivity contribution in [3.05, 3.63) is 95.6 Å². The third-order valence-electron chi connectivity index (χ3n) is 6.14. The highest BCUT2D eigenvalue weighted by Crippen LogP contribution is 2.37. The number of aromatic nitrogens is 1. The van der Waals surface area contributed by atoms with Gasteiger partial charge in [-0.25, -0.2) is 9.79 Å². The number of carbonyl (C=O) groups is 1. The second-order valence-corrected chi connectivity index (χ2v) is 10.8. The van der Waals surface area contributed by atoms with Gasteiger partial charge in [0.15, 0.2) is 16.3 Å². The first-order valence-corrected chi connectivity index (χ1v) is 13.9. The van der Waals surface area contributed by atoms with Gasteiger partial charge in [0, 0.05) is 19.8 Å². The van der Waals surface area contributed by atoms with Gasteiger partial charge in [0.25, 0.3) is 5.56 Å². The molecule has 0 N–H and O–H groups in total. The number of anilines is 1. The number of thiazole rings is 1. The van der Waals surface area contributed by atoms with Gasteiger partial charge in [-0.1, -0.05) is 36.1 Å². The van der Waals surface area contributed by atoms with Crippen LogP contribution in [0.25, 0.3) is 6.08 Å². The zero-order valence-corrected chi connectivity index (χ0v) is 24.9. The molecule has 39 heavy (non-hydrogen) atoms. The molecule has 1 aliphatic rings. The summed E-state index contributed by atoms with van der Waals surface area (Å²) in [6.45, 7) is 7.75. The molecule has 0 aliphatic carbocycles. The van der Waals surface area contributed by atoms with Crippen LogP contribution in [0.1, 0.15) is 31.0 Å². The van der Waals surface area contributed by atoms with E-state index in [1.807, 2.05) is 49.3 Å². The van der Waals surface area contributed by atoms with Gasteiger partial charge in [-0.2, -0.15) is 0 Å². The summed E-state index contributed by atoms with van der Waals surface area (Å²) in [6.07, 6.45) is 3.43. The molecular weight excluding hydrogens is 582 g/mol. The number of fused-ring (bicyclic) bond motifs is 1. The average molecular weight is 613 g/mol. The Kier molecular flexibility index (Phi) is 8.76.